The molecule has 0 aromatic heterocycles. The lowest BCUT2D eigenvalue weighted by atomic mass is 9.64. The van der Waals surface area contributed by atoms with Crippen molar-refractivity contribution >= 4 is 23.5 Å². The molecule has 4 aliphatic rings. The van der Waals surface area contributed by atoms with Crippen LogP contribution >= 0.6 is 0 Å². The number of aliphatic hydroxyl groups is 2. The highest BCUT2D eigenvalue weighted by Crippen LogP contribution is 2.66. The van der Waals surface area contributed by atoms with Gasteiger partial charge in [0, 0.05) is 36.3 Å². The molecule has 10 heteroatoms. The summed E-state index contributed by atoms with van der Waals surface area (Å²) in [7, 11) is 0. The molecule has 3 fully saturated rings. The number of carbonyl (C=O) groups excluding carboxylic acids is 3. The van der Waals surface area contributed by atoms with Crippen molar-refractivity contribution in [3.8, 4) is 17.6 Å². The maximum Gasteiger partial charge on any atom is 0.324 e. The minimum atomic E-state index is -1.66. The van der Waals surface area contributed by atoms with Crippen molar-refractivity contribution < 1.29 is 34.1 Å². The fraction of sp³-hybridized carbons (Fsp3) is 0.370. The molecule has 2 amide bonds. The molecule has 4 aliphatic heterocycles. The number of nitrogens with zero attached hydrogens (tertiary/aromatic N) is 2. The van der Waals surface area contributed by atoms with Crippen LogP contribution in [-0.2, 0) is 24.5 Å². The molecule has 4 aromatic carbocycles. The standard InChI is InChI=1S/C46H47N3O7/c50-27-15-12-16-31-23-24-36-35(30-31)46(45(54)47-36)38(43(52)48-25-13-2-1-3-14-26-48)40-44(53)56-41(33-19-8-5-9-20-33)39(32-17-6-4-7-18-32)49(40)42(46)34-21-10-11-22-37(34)55-29-28-51/h4-11,17-24,30,38-42,50-51H,1-3,13-15,25-29H2,(H,47,54). The van der Waals surface area contributed by atoms with Gasteiger partial charge in [0.15, 0.2) is 0 Å². The Morgan fingerprint density at radius 1 is 0.821 bits per heavy atom. The minimum Gasteiger partial charge on any atom is -0.491 e. The van der Waals surface area contributed by atoms with Gasteiger partial charge in [-0.25, -0.2) is 0 Å². The Labute approximate surface area is 327 Å². The number of hydrogen-bond donors (Lipinski definition) is 3. The van der Waals surface area contributed by atoms with Gasteiger partial charge in [-0.3, -0.25) is 19.3 Å². The molecule has 56 heavy (non-hydrogen) atoms. The van der Waals surface area contributed by atoms with Crippen LogP contribution in [0.3, 0.4) is 0 Å². The van der Waals surface area contributed by atoms with Gasteiger partial charge in [0.1, 0.15) is 29.9 Å². The Morgan fingerprint density at radius 2 is 1.50 bits per heavy atom. The van der Waals surface area contributed by atoms with Gasteiger partial charge < -0.3 is 29.9 Å². The maximum absolute atomic E-state index is 15.7. The van der Waals surface area contributed by atoms with Gasteiger partial charge in [-0.1, -0.05) is 110 Å². The van der Waals surface area contributed by atoms with Crippen LogP contribution in [0, 0.1) is 17.8 Å². The molecule has 3 saturated heterocycles. The Balaban J connectivity index is 1.45. The van der Waals surface area contributed by atoms with Crippen molar-refractivity contribution in [1.29, 1.82) is 0 Å². The first-order chi connectivity index (χ1) is 27.5. The van der Waals surface area contributed by atoms with Gasteiger partial charge in [-0.05, 0) is 53.8 Å². The zero-order chi connectivity index (χ0) is 38.6. The number of rotatable bonds is 8. The molecule has 0 saturated carbocycles. The molecule has 288 valence electrons. The number of hydrogen-bond acceptors (Lipinski definition) is 8. The van der Waals surface area contributed by atoms with Gasteiger partial charge >= 0.3 is 5.97 Å². The number of anilines is 1. The van der Waals surface area contributed by atoms with Gasteiger partial charge in [0.05, 0.1) is 31.2 Å². The smallest absolute Gasteiger partial charge is 0.324 e. The van der Waals surface area contributed by atoms with E-state index in [0.29, 0.717) is 41.2 Å². The number of benzene rings is 4. The number of amides is 2. The van der Waals surface area contributed by atoms with E-state index in [9.17, 15) is 10.2 Å². The van der Waals surface area contributed by atoms with Crippen molar-refractivity contribution in [3.05, 3.63) is 131 Å². The molecule has 6 unspecified atom stereocenters. The topological polar surface area (TPSA) is 129 Å². The van der Waals surface area contributed by atoms with Gasteiger partial charge in [0.25, 0.3) is 0 Å². The number of nitrogens with one attached hydrogen (secondary N) is 1. The van der Waals surface area contributed by atoms with Crippen molar-refractivity contribution in [1.82, 2.24) is 9.80 Å². The van der Waals surface area contributed by atoms with E-state index in [0.717, 1.165) is 43.2 Å². The molecule has 4 aromatic rings. The normalized spacial score (nSPS) is 25.9. The van der Waals surface area contributed by atoms with Crippen molar-refractivity contribution in [2.45, 2.75) is 68.2 Å². The summed E-state index contributed by atoms with van der Waals surface area (Å²) in [5.74, 6) is 4.15. The number of carbonyl (C=O) groups is 3. The summed E-state index contributed by atoms with van der Waals surface area (Å²) < 4.78 is 12.8. The number of morpholine rings is 1. The molecular weight excluding hydrogens is 707 g/mol. The molecule has 0 bridgehead atoms. The van der Waals surface area contributed by atoms with E-state index in [4.69, 9.17) is 9.47 Å². The molecule has 10 nitrogen and oxygen atoms in total. The quantitative estimate of drug-likeness (QED) is 0.151. The summed E-state index contributed by atoms with van der Waals surface area (Å²) in [4.78, 5) is 50.2. The average Bonchev–Trinajstić information content (AvgIpc) is 3.69. The maximum atomic E-state index is 15.7. The first kappa shape index (κ1) is 37.5. The summed E-state index contributed by atoms with van der Waals surface area (Å²) in [6.45, 7) is 0.707. The molecule has 3 N–H and O–H groups in total. The van der Waals surface area contributed by atoms with Crippen molar-refractivity contribution in [2.24, 2.45) is 5.92 Å². The van der Waals surface area contributed by atoms with E-state index in [2.05, 4.69) is 22.1 Å². The summed E-state index contributed by atoms with van der Waals surface area (Å²) in [6, 6.07) is 29.6. The van der Waals surface area contributed by atoms with E-state index < -0.39 is 47.4 Å². The second kappa shape index (κ2) is 16.3. The van der Waals surface area contributed by atoms with Gasteiger partial charge in [-0.15, -0.1) is 0 Å². The second-order valence-electron chi connectivity index (χ2n) is 15.0. The van der Waals surface area contributed by atoms with Crippen LogP contribution in [0.1, 0.15) is 84.5 Å². The van der Waals surface area contributed by atoms with Crippen LogP contribution < -0.4 is 10.1 Å². The van der Waals surface area contributed by atoms with E-state index in [1.54, 1.807) is 6.07 Å². The van der Waals surface area contributed by atoms with E-state index >= 15 is 14.4 Å². The fourth-order valence-corrected chi connectivity index (χ4v) is 9.50. The Hall–Kier alpha value is -5.47. The molecular formula is C46H47N3O7. The summed E-state index contributed by atoms with van der Waals surface area (Å²) >= 11 is 0. The Morgan fingerprint density at radius 3 is 2.21 bits per heavy atom. The Bertz CT molecular complexity index is 2120. The SMILES string of the molecule is O=C1OC(c2ccccc2)C(c2ccccc2)N2C1C(C(=O)N1CCCCCCC1)C1(C(=O)Nc3ccc(C#CCCO)cc31)C2c1ccccc1OCCO. The molecule has 6 atom stereocenters. The van der Waals surface area contributed by atoms with Crippen LogP contribution in [0.2, 0.25) is 0 Å². The average molecular weight is 754 g/mol. The third kappa shape index (κ3) is 6.53. The summed E-state index contributed by atoms with van der Waals surface area (Å²) in [5, 5.41) is 22.6. The van der Waals surface area contributed by atoms with E-state index in [-0.39, 0.29) is 32.1 Å². The largest absolute Gasteiger partial charge is 0.491 e. The number of ether oxygens (including phenoxy) is 2. The van der Waals surface area contributed by atoms with E-state index in [1.807, 2.05) is 102 Å². The number of esters is 1. The number of cyclic esters (lactones) is 1. The Kier molecular flexibility index (Phi) is 10.9. The predicted octanol–water partition coefficient (Wildman–Crippen LogP) is 5.86. The highest BCUT2D eigenvalue weighted by molar-refractivity contribution is 6.12. The highest BCUT2D eigenvalue weighted by atomic mass is 16.6. The third-order valence-electron chi connectivity index (χ3n) is 11.8. The van der Waals surface area contributed by atoms with Crippen LogP contribution in [0.4, 0.5) is 5.69 Å². The first-order valence-electron chi connectivity index (χ1n) is 19.7. The lowest BCUT2D eigenvalue weighted by Gasteiger charge is -2.46. The summed E-state index contributed by atoms with van der Waals surface area (Å²) in [5.41, 5.74) is 2.30. The number of para-hydroxylation sites is 1. The van der Waals surface area contributed by atoms with Crippen molar-refractivity contribution in [2.75, 3.05) is 38.2 Å². The number of likely N-dealkylation sites (tertiary alicyclic amines) is 1. The zero-order valence-corrected chi connectivity index (χ0v) is 31.3. The van der Waals surface area contributed by atoms with Crippen molar-refractivity contribution in [3.63, 3.8) is 0 Å². The lowest BCUT2D eigenvalue weighted by molar-refractivity contribution is -0.179. The molecule has 8 rings (SSSR count). The number of fused-ring (bicyclic) bond motifs is 3. The van der Waals surface area contributed by atoms with Crippen LogP contribution in [0.5, 0.6) is 5.75 Å². The van der Waals surface area contributed by atoms with Crippen LogP contribution in [0.25, 0.3) is 0 Å². The lowest BCUT2D eigenvalue weighted by Crippen LogP contribution is -2.55. The van der Waals surface area contributed by atoms with E-state index in [1.165, 1.54) is 0 Å². The predicted molar refractivity (Wildman–Crippen MR) is 210 cm³/mol. The molecule has 4 heterocycles. The molecule has 0 aliphatic carbocycles. The third-order valence-corrected chi connectivity index (χ3v) is 11.8. The second-order valence-corrected chi connectivity index (χ2v) is 15.0. The molecule has 1 spiro atoms. The highest BCUT2D eigenvalue weighted by Gasteiger charge is 2.74. The van der Waals surface area contributed by atoms with Crippen LogP contribution in [-0.4, -0.2) is 76.7 Å². The van der Waals surface area contributed by atoms with Gasteiger partial charge in [-0.2, -0.15) is 0 Å². The summed E-state index contributed by atoms with van der Waals surface area (Å²) in [6.07, 6.45) is 4.20. The fourth-order valence-electron chi connectivity index (χ4n) is 9.50. The number of aliphatic hydroxyl groups excluding tert-OH is 2. The molecule has 0 radical (unpaired) electrons. The monoisotopic (exact) mass is 753 g/mol. The minimum absolute atomic E-state index is 0.000469. The first-order valence-corrected chi connectivity index (χ1v) is 19.7. The zero-order valence-electron chi connectivity index (χ0n) is 31.3. The van der Waals surface area contributed by atoms with Crippen LogP contribution in [0.15, 0.2) is 103 Å². The van der Waals surface area contributed by atoms with Gasteiger partial charge in [0.2, 0.25) is 11.8 Å².